The van der Waals surface area contributed by atoms with Crippen LogP contribution in [0.15, 0.2) is 79.5 Å². The molecule has 3 aliphatic rings. The van der Waals surface area contributed by atoms with Gasteiger partial charge in [0.25, 0.3) is 0 Å². The summed E-state index contributed by atoms with van der Waals surface area (Å²) in [6, 6.07) is 14.8. The Kier molecular flexibility index (Phi) is 4.65. The first-order chi connectivity index (χ1) is 16.2. The highest BCUT2D eigenvalue weighted by molar-refractivity contribution is 5.78. The molecular weight excluding hydrogens is 406 g/mol. The van der Waals surface area contributed by atoms with E-state index < -0.39 is 0 Å². The number of allylic oxidation sites excluding steroid dienone is 2. The zero-order chi connectivity index (χ0) is 22.2. The van der Waals surface area contributed by atoms with Gasteiger partial charge in [0.15, 0.2) is 0 Å². The van der Waals surface area contributed by atoms with E-state index in [4.69, 9.17) is 9.97 Å². The molecule has 5 heteroatoms. The quantitative estimate of drug-likeness (QED) is 0.332. The maximum atomic E-state index is 4.80. The molecule has 33 heavy (non-hydrogen) atoms. The zero-order valence-corrected chi connectivity index (χ0v) is 18.1. The highest BCUT2D eigenvalue weighted by Gasteiger charge is 2.19. The smallest absolute Gasteiger partial charge is 0.0748 e. The molecule has 2 N–H and O–H groups in total. The predicted molar refractivity (Wildman–Crippen MR) is 137 cm³/mol. The highest BCUT2D eigenvalue weighted by atomic mass is 15.1. The summed E-state index contributed by atoms with van der Waals surface area (Å²) < 4.78 is 0. The van der Waals surface area contributed by atoms with Gasteiger partial charge in [0.1, 0.15) is 0 Å². The number of H-pyrrole nitrogens is 2. The number of fused-ring (bicyclic) bond motifs is 8. The first-order valence-corrected chi connectivity index (χ1v) is 11.0. The molecule has 0 saturated heterocycles. The molecule has 3 aromatic rings. The number of hydrogen-bond acceptors (Lipinski definition) is 3. The fourth-order valence-electron chi connectivity index (χ4n) is 4.42. The fourth-order valence-corrected chi connectivity index (χ4v) is 4.42. The van der Waals surface area contributed by atoms with Gasteiger partial charge in [0.2, 0.25) is 0 Å². The molecule has 0 spiro atoms. The summed E-state index contributed by atoms with van der Waals surface area (Å²) in [6.45, 7) is 4.70. The van der Waals surface area contributed by atoms with Crippen LogP contribution in [0.1, 0.15) is 34.4 Å². The molecule has 0 radical (unpaired) electrons. The van der Waals surface area contributed by atoms with Crippen LogP contribution < -0.4 is 0 Å². The van der Waals surface area contributed by atoms with Crippen molar-refractivity contribution >= 4 is 46.4 Å². The molecular formula is C28H23N5. The monoisotopic (exact) mass is 429 g/mol. The minimum Gasteiger partial charge on any atom is -0.363 e. The first kappa shape index (κ1) is 19.3. The van der Waals surface area contributed by atoms with Crippen LogP contribution in [0.5, 0.6) is 0 Å². The minimum atomic E-state index is 0.111. The lowest BCUT2D eigenvalue weighted by atomic mass is 10.0. The van der Waals surface area contributed by atoms with E-state index in [1.54, 1.807) is 0 Å². The summed E-state index contributed by atoms with van der Waals surface area (Å²) in [7, 11) is 0. The van der Waals surface area contributed by atoms with Crippen molar-refractivity contribution in [2.45, 2.75) is 6.04 Å². The molecule has 160 valence electrons. The Hall–Kier alpha value is -4.38. The van der Waals surface area contributed by atoms with Crippen molar-refractivity contribution in [1.82, 2.24) is 24.8 Å². The van der Waals surface area contributed by atoms with Crippen LogP contribution in [-0.4, -0.2) is 31.4 Å². The maximum Gasteiger partial charge on any atom is 0.0748 e. The molecule has 0 aliphatic carbocycles. The summed E-state index contributed by atoms with van der Waals surface area (Å²) in [5, 5.41) is 0. The molecule has 3 aromatic heterocycles. The third-order valence-electron chi connectivity index (χ3n) is 5.90. The first-order valence-electron chi connectivity index (χ1n) is 11.0. The zero-order valence-electron chi connectivity index (χ0n) is 18.1. The van der Waals surface area contributed by atoms with Crippen LogP contribution in [0.4, 0.5) is 0 Å². The standard InChI is InChI=1S/C28H23N5/c1-2-12-33-13-4-3-5-28(33)26-17-25-16-23-9-8-21(30-23)14-19-6-7-20(29-19)15-22-10-11-24(31-22)18-27(26)32-25/h2-11,13-18,28,30,32H,1,12H2. The number of hydrogen-bond donors (Lipinski definition) is 2. The van der Waals surface area contributed by atoms with E-state index in [0.717, 1.165) is 51.4 Å². The van der Waals surface area contributed by atoms with E-state index in [-0.39, 0.29) is 6.04 Å². The van der Waals surface area contributed by atoms with Crippen LogP contribution in [0.25, 0.3) is 46.4 Å². The van der Waals surface area contributed by atoms with Crippen LogP contribution in [-0.2, 0) is 0 Å². The van der Waals surface area contributed by atoms with Gasteiger partial charge < -0.3 is 14.9 Å². The number of aromatic amines is 2. The lowest BCUT2D eigenvalue weighted by Crippen LogP contribution is -2.23. The van der Waals surface area contributed by atoms with Gasteiger partial charge in [-0.2, -0.15) is 0 Å². The van der Waals surface area contributed by atoms with Crippen LogP contribution in [0, 0.1) is 0 Å². The van der Waals surface area contributed by atoms with Crippen molar-refractivity contribution in [3.05, 3.63) is 108 Å². The van der Waals surface area contributed by atoms with E-state index >= 15 is 0 Å². The third kappa shape index (κ3) is 3.85. The molecule has 6 rings (SSSR count). The fraction of sp³-hybridized carbons (Fsp3) is 0.0714. The lowest BCUT2D eigenvalue weighted by molar-refractivity contribution is 0.356. The SMILES string of the molecule is C=CCN1C=CC=CC1c1cc2cc3ccc(cc4nc(cc5nc(cc1[nH]2)C=C5)C=C4)[nH]3. The van der Waals surface area contributed by atoms with E-state index in [0.29, 0.717) is 0 Å². The Bertz CT molecular complexity index is 1530. The average Bonchev–Trinajstić information content (AvgIpc) is 3.60. The van der Waals surface area contributed by atoms with Gasteiger partial charge in [0.05, 0.1) is 28.8 Å². The molecule has 0 aromatic carbocycles. The van der Waals surface area contributed by atoms with E-state index in [1.807, 2.05) is 36.4 Å². The Morgan fingerprint density at radius 3 is 2.24 bits per heavy atom. The molecule has 0 saturated carbocycles. The summed E-state index contributed by atoms with van der Waals surface area (Å²) >= 11 is 0. The van der Waals surface area contributed by atoms with Gasteiger partial charge in [-0.05, 0) is 72.8 Å². The number of rotatable bonds is 3. The van der Waals surface area contributed by atoms with E-state index in [2.05, 4.69) is 82.3 Å². The molecule has 0 amide bonds. The Morgan fingerprint density at radius 2 is 1.48 bits per heavy atom. The second-order valence-electron chi connectivity index (χ2n) is 8.29. The third-order valence-corrected chi connectivity index (χ3v) is 5.90. The van der Waals surface area contributed by atoms with Crippen molar-refractivity contribution < 1.29 is 0 Å². The Morgan fingerprint density at radius 1 is 0.788 bits per heavy atom. The Labute approximate surface area is 191 Å². The van der Waals surface area contributed by atoms with Crippen molar-refractivity contribution in [1.29, 1.82) is 0 Å². The largest absolute Gasteiger partial charge is 0.363 e. The van der Waals surface area contributed by atoms with E-state index in [9.17, 15) is 0 Å². The number of nitrogens with one attached hydrogen (secondary N) is 2. The lowest BCUT2D eigenvalue weighted by Gasteiger charge is -2.29. The van der Waals surface area contributed by atoms with Gasteiger partial charge >= 0.3 is 0 Å². The molecule has 1 unspecified atom stereocenters. The molecule has 8 bridgehead atoms. The van der Waals surface area contributed by atoms with Crippen LogP contribution >= 0.6 is 0 Å². The van der Waals surface area contributed by atoms with Crippen molar-refractivity contribution in [2.75, 3.05) is 6.54 Å². The van der Waals surface area contributed by atoms with Gasteiger partial charge in [-0.3, -0.25) is 0 Å². The number of aromatic nitrogens is 4. The molecule has 1 atom stereocenters. The number of nitrogens with zero attached hydrogens (tertiary/aromatic N) is 3. The topological polar surface area (TPSA) is 60.6 Å². The van der Waals surface area contributed by atoms with Crippen molar-refractivity contribution in [3.8, 4) is 0 Å². The maximum absolute atomic E-state index is 4.80. The summed E-state index contributed by atoms with van der Waals surface area (Å²) in [5.74, 6) is 0. The van der Waals surface area contributed by atoms with E-state index in [1.165, 1.54) is 5.56 Å². The summed E-state index contributed by atoms with van der Waals surface area (Å²) in [4.78, 5) is 18.8. The highest BCUT2D eigenvalue weighted by Crippen LogP contribution is 2.30. The molecule has 0 fully saturated rings. The van der Waals surface area contributed by atoms with Gasteiger partial charge in [-0.15, -0.1) is 6.58 Å². The predicted octanol–water partition coefficient (Wildman–Crippen LogP) is 6.27. The minimum absolute atomic E-state index is 0.111. The van der Waals surface area contributed by atoms with Gasteiger partial charge in [0, 0.05) is 40.4 Å². The molecule has 5 nitrogen and oxygen atoms in total. The van der Waals surface area contributed by atoms with Crippen molar-refractivity contribution in [3.63, 3.8) is 0 Å². The molecule has 6 heterocycles. The van der Waals surface area contributed by atoms with Crippen molar-refractivity contribution in [2.24, 2.45) is 0 Å². The van der Waals surface area contributed by atoms with Crippen LogP contribution in [0.2, 0.25) is 0 Å². The average molecular weight is 430 g/mol. The van der Waals surface area contributed by atoms with Crippen LogP contribution in [0.3, 0.4) is 0 Å². The molecule has 3 aliphatic heterocycles. The van der Waals surface area contributed by atoms with Gasteiger partial charge in [-0.25, -0.2) is 9.97 Å². The second-order valence-corrected chi connectivity index (χ2v) is 8.29. The normalized spacial score (nSPS) is 16.5. The van der Waals surface area contributed by atoms with Gasteiger partial charge in [-0.1, -0.05) is 18.2 Å². The summed E-state index contributed by atoms with van der Waals surface area (Å²) in [6.07, 6.45) is 18.5. The Balaban J connectivity index is 1.61. The second kappa shape index (κ2) is 7.95. The summed E-state index contributed by atoms with van der Waals surface area (Å²) in [5.41, 5.74) is 8.95.